The number of anilines is 1. The van der Waals surface area contributed by atoms with Crippen LogP contribution in [0.2, 0.25) is 0 Å². The third-order valence-electron chi connectivity index (χ3n) is 7.26. The molecule has 0 spiro atoms. The van der Waals surface area contributed by atoms with Crippen LogP contribution >= 0.6 is 0 Å². The molecule has 1 saturated heterocycles. The quantitative estimate of drug-likeness (QED) is 0.267. The molecule has 2 aromatic carbocycles. The van der Waals surface area contributed by atoms with Gasteiger partial charge in [0.25, 0.3) is 0 Å². The molecule has 204 valence electrons. The zero-order valence-electron chi connectivity index (χ0n) is 22.1. The van der Waals surface area contributed by atoms with Gasteiger partial charge in [-0.1, -0.05) is 44.2 Å². The molecule has 8 heteroatoms. The molecule has 0 saturated carbocycles. The molecule has 1 heterocycles. The highest BCUT2D eigenvalue weighted by Crippen LogP contribution is 2.30. The van der Waals surface area contributed by atoms with Gasteiger partial charge in [0, 0.05) is 23.6 Å². The minimum atomic E-state index is -0.401. The minimum absolute atomic E-state index is 0.0442. The van der Waals surface area contributed by atoms with Crippen molar-refractivity contribution in [1.29, 1.82) is 0 Å². The third kappa shape index (κ3) is 7.72. The van der Waals surface area contributed by atoms with E-state index >= 15 is 0 Å². The summed E-state index contributed by atoms with van der Waals surface area (Å²) < 4.78 is 16.1. The predicted octanol–water partition coefficient (Wildman–Crippen LogP) is 4.04. The van der Waals surface area contributed by atoms with E-state index in [1.165, 1.54) is 0 Å². The van der Waals surface area contributed by atoms with Crippen molar-refractivity contribution in [2.45, 2.75) is 58.2 Å². The topological polar surface area (TPSA) is 114 Å². The van der Waals surface area contributed by atoms with Gasteiger partial charge < -0.3 is 24.6 Å². The van der Waals surface area contributed by atoms with Gasteiger partial charge in [0.1, 0.15) is 12.7 Å². The largest absolute Gasteiger partial charge is 0.463 e. The fourth-order valence-electron chi connectivity index (χ4n) is 4.65. The molecule has 1 aliphatic heterocycles. The van der Waals surface area contributed by atoms with Crippen molar-refractivity contribution in [2.75, 3.05) is 31.7 Å². The molecule has 0 bridgehead atoms. The van der Waals surface area contributed by atoms with Crippen molar-refractivity contribution in [3.05, 3.63) is 64.7 Å². The molecule has 0 radical (unpaired) electrons. The molecular weight excluding hydrogens is 486 g/mol. The highest BCUT2D eigenvalue weighted by Gasteiger charge is 2.27. The Balaban J connectivity index is 1.30. The first-order chi connectivity index (χ1) is 18.3. The Labute approximate surface area is 223 Å². The number of rotatable bonds is 15. The Hall–Kier alpha value is -3.07. The van der Waals surface area contributed by atoms with E-state index in [-0.39, 0.29) is 48.8 Å². The first-order valence-electron chi connectivity index (χ1n) is 13.4. The van der Waals surface area contributed by atoms with Gasteiger partial charge >= 0.3 is 5.97 Å². The van der Waals surface area contributed by atoms with Gasteiger partial charge in [0.05, 0.1) is 32.3 Å². The van der Waals surface area contributed by atoms with Crippen LogP contribution in [0.1, 0.15) is 66.1 Å². The number of Topliss-reactive ketones (excluding diaryl/α,β-unsaturated/α-hetero) is 1. The summed E-state index contributed by atoms with van der Waals surface area (Å²) in [6.45, 7) is 5.55. The average molecular weight is 524 g/mol. The second-order valence-corrected chi connectivity index (χ2v) is 10.4. The summed E-state index contributed by atoms with van der Waals surface area (Å²) in [6, 6.07) is 13.6. The number of carbonyl (C=O) groups is 3. The number of fused-ring (bicyclic) bond motifs is 1. The normalized spacial score (nSPS) is 18.1. The average Bonchev–Trinajstić information content (AvgIpc) is 3.74. The molecule has 2 N–H and O–H groups in total. The number of carbonyl (C=O) groups excluding carboxylic acids is 3. The Bertz CT molecular complexity index is 1130. The summed E-state index contributed by atoms with van der Waals surface area (Å²) in [4.78, 5) is 37.3. The molecule has 4 unspecified atom stereocenters. The molecule has 1 aliphatic carbocycles. The molecule has 4 atom stereocenters. The van der Waals surface area contributed by atoms with Gasteiger partial charge in [-0.15, -0.1) is 0 Å². The summed E-state index contributed by atoms with van der Waals surface area (Å²) in [7, 11) is 0. The van der Waals surface area contributed by atoms with Crippen molar-refractivity contribution in [2.24, 2.45) is 11.8 Å². The van der Waals surface area contributed by atoms with E-state index in [2.05, 4.69) is 24.4 Å². The number of amides is 1. The van der Waals surface area contributed by atoms with E-state index in [9.17, 15) is 14.4 Å². The van der Waals surface area contributed by atoms with Gasteiger partial charge in [0.2, 0.25) is 5.91 Å². The smallest absolute Gasteiger partial charge is 0.309 e. The van der Waals surface area contributed by atoms with Gasteiger partial charge in [-0.05, 0) is 54.0 Å². The summed E-state index contributed by atoms with van der Waals surface area (Å²) in [6.07, 6.45) is 2.26. The molecule has 38 heavy (non-hydrogen) atoms. The molecule has 2 aromatic rings. The van der Waals surface area contributed by atoms with Gasteiger partial charge in [-0.25, -0.2) is 0 Å². The molecule has 4 rings (SSSR count). The molecule has 0 aromatic heterocycles. The fourth-order valence-corrected chi connectivity index (χ4v) is 4.65. The number of hydrogen-bond acceptors (Lipinski definition) is 7. The lowest BCUT2D eigenvalue weighted by molar-refractivity contribution is -0.150. The summed E-state index contributed by atoms with van der Waals surface area (Å²) in [5.74, 6) is -1.05. The predicted molar refractivity (Wildman–Crippen MR) is 142 cm³/mol. The van der Waals surface area contributed by atoms with Crippen molar-refractivity contribution in [1.82, 2.24) is 0 Å². The lowest BCUT2D eigenvalue weighted by Gasteiger charge is -2.22. The summed E-state index contributed by atoms with van der Waals surface area (Å²) in [5.41, 5.74) is 4.48. The van der Waals surface area contributed by atoms with Crippen molar-refractivity contribution in [3.63, 3.8) is 0 Å². The van der Waals surface area contributed by atoms with Crippen LogP contribution in [0, 0.1) is 11.8 Å². The number of esters is 1. The number of ketones is 1. The van der Waals surface area contributed by atoms with Crippen LogP contribution in [0.3, 0.4) is 0 Å². The van der Waals surface area contributed by atoms with E-state index < -0.39 is 5.92 Å². The van der Waals surface area contributed by atoms with Crippen LogP contribution in [0.4, 0.5) is 5.69 Å². The maximum absolute atomic E-state index is 12.8. The zero-order valence-corrected chi connectivity index (χ0v) is 22.1. The standard InChI is InChI=1S/C30H37NO7/c1-19(29(34)31-25-10-9-23-14-28(33)27(23)15-25)3-6-24(30(35)37-12-11-32)13-20(2)22-7-4-21(5-8-22)16-36-17-26-18-38-26/h4-5,7-10,15,19-20,24,26,32H,3,6,11-14,16-18H2,1-2H3,(H,31,34). The van der Waals surface area contributed by atoms with E-state index in [0.29, 0.717) is 50.1 Å². The number of ether oxygens (including phenoxy) is 3. The van der Waals surface area contributed by atoms with Crippen LogP contribution < -0.4 is 5.32 Å². The second-order valence-electron chi connectivity index (χ2n) is 10.4. The van der Waals surface area contributed by atoms with E-state index in [0.717, 1.165) is 23.3 Å². The first kappa shape index (κ1) is 28.0. The Morgan fingerprint density at radius 3 is 2.58 bits per heavy atom. The first-order valence-corrected chi connectivity index (χ1v) is 13.4. The Morgan fingerprint density at radius 1 is 1.13 bits per heavy atom. The van der Waals surface area contributed by atoms with Crippen molar-refractivity contribution < 1.29 is 33.7 Å². The lowest BCUT2D eigenvalue weighted by Crippen LogP contribution is -2.25. The highest BCUT2D eigenvalue weighted by molar-refractivity contribution is 6.07. The SMILES string of the molecule is CC(CCC(CC(C)c1ccc(COCC2CO2)cc1)C(=O)OCCO)C(=O)Nc1ccc2c(c1)C(=O)C2. The Kier molecular flexibility index (Phi) is 9.66. The van der Waals surface area contributed by atoms with E-state index in [4.69, 9.17) is 19.3 Å². The lowest BCUT2D eigenvalue weighted by atomic mass is 9.85. The van der Waals surface area contributed by atoms with Gasteiger partial charge in [0.15, 0.2) is 5.78 Å². The molecule has 8 nitrogen and oxygen atoms in total. The maximum Gasteiger partial charge on any atom is 0.309 e. The highest BCUT2D eigenvalue weighted by atomic mass is 16.6. The number of epoxide rings is 1. The van der Waals surface area contributed by atoms with Crippen LogP contribution in [-0.4, -0.2) is 55.3 Å². The van der Waals surface area contributed by atoms with Crippen LogP contribution in [-0.2, 0) is 36.8 Å². The molecule has 1 amide bonds. The number of hydrogen-bond donors (Lipinski definition) is 2. The number of aliphatic hydroxyl groups is 1. The number of benzene rings is 2. The fraction of sp³-hybridized carbons (Fsp3) is 0.500. The molecular formula is C30H37NO7. The zero-order chi connectivity index (χ0) is 27.1. The third-order valence-corrected chi connectivity index (χ3v) is 7.26. The minimum Gasteiger partial charge on any atom is -0.463 e. The number of nitrogens with one attached hydrogen (secondary N) is 1. The van der Waals surface area contributed by atoms with E-state index in [1.807, 2.05) is 31.2 Å². The Morgan fingerprint density at radius 2 is 1.89 bits per heavy atom. The van der Waals surface area contributed by atoms with Crippen molar-refractivity contribution in [3.8, 4) is 0 Å². The number of aliphatic hydroxyl groups excluding tert-OH is 1. The van der Waals surface area contributed by atoms with Crippen LogP contribution in [0.5, 0.6) is 0 Å². The molecule has 1 fully saturated rings. The van der Waals surface area contributed by atoms with Crippen LogP contribution in [0.25, 0.3) is 0 Å². The summed E-state index contributed by atoms with van der Waals surface area (Å²) in [5, 5.41) is 12.0. The van der Waals surface area contributed by atoms with Crippen molar-refractivity contribution >= 4 is 23.3 Å². The molecule has 2 aliphatic rings. The van der Waals surface area contributed by atoms with Gasteiger partial charge in [-0.2, -0.15) is 0 Å². The van der Waals surface area contributed by atoms with Gasteiger partial charge in [-0.3, -0.25) is 14.4 Å². The second kappa shape index (κ2) is 13.1. The van der Waals surface area contributed by atoms with Crippen LogP contribution in [0.15, 0.2) is 42.5 Å². The van der Waals surface area contributed by atoms with E-state index in [1.54, 1.807) is 6.07 Å². The monoisotopic (exact) mass is 523 g/mol. The maximum atomic E-state index is 12.8. The summed E-state index contributed by atoms with van der Waals surface area (Å²) >= 11 is 0.